The number of aliphatic carboxylic acids is 1. The van der Waals surface area contributed by atoms with Crippen LogP contribution >= 0.6 is 0 Å². The van der Waals surface area contributed by atoms with Gasteiger partial charge in [-0.15, -0.1) is 0 Å². The summed E-state index contributed by atoms with van der Waals surface area (Å²) >= 11 is 0. The van der Waals surface area contributed by atoms with Crippen LogP contribution in [-0.2, 0) is 9.53 Å². The maximum Gasteiger partial charge on any atom is 0.326 e. The predicted octanol–water partition coefficient (Wildman–Crippen LogP) is 1.30. The van der Waals surface area contributed by atoms with Gasteiger partial charge in [-0.2, -0.15) is 0 Å². The van der Waals surface area contributed by atoms with Crippen LogP contribution in [0.1, 0.15) is 38.5 Å². The SMILES string of the molecule is O=C(O)[C@@H]1CCCN1C(=O)N1CCOC2CCCCC21. The van der Waals surface area contributed by atoms with Crippen molar-refractivity contribution in [3.63, 3.8) is 0 Å². The number of carbonyl (C=O) groups is 2. The first-order chi connectivity index (χ1) is 9.68. The molecule has 3 atom stereocenters. The van der Waals surface area contributed by atoms with Crippen molar-refractivity contribution in [3.05, 3.63) is 0 Å². The Balaban J connectivity index is 1.73. The van der Waals surface area contributed by atoms with Crippen molar-refractivity contribution in [2.75, 3.05) is 19.7 Å². The molecule has 0 radical (unpaired) electrons. The van der Waals surface area contributed by atoms with Gasteiger partial charge in [0.1, 0.15) is 6.04 Å². The zero-order chi connectivity index (χ0) is 14.1. The molecule has 6 nitrogen and oxygen atoms in total. The minimum Gasteiger partial charge on any atom is -0.480 e. The van der Waals surface area contributed by atoms with E-state index in [-0.39, 0.29) is 18.2 Å². The number of rotatable bonds is 1. The van der Waals surface area contributed by atoms with Crippen LogP contribution in [0.4, 0.5) is 4.79 Å². The summed E-state index contributed by atoms with van der Waals surface area (Å²) in [5, 5.41) is 9.23. The van der Waals surface area contributed by atoms with Crippen LogP contribution in [0.15, 0.2) is 0 Å². The fraction of sp³-hybridized carbons (Fsp3) is 0.857. The number of ether oxygens (including phenoxy) is 1. The third kappa shape index (κ3) is 2.37. The molecule has 3 rings (SSSR count). The summed E-state index contributed by atoms with van der Waals surface area (Å²) in [4.78, 5) is 27.4. The van der Waals surface area contributed by atoms with Crippen molar-refractivity contribution < 1.29 is 19.4 Å². The molecule has 20 heavy (non-hydrogen) atoms. The van der Waals surface area contributed by atoms with Crippen molar-refractivity contribution in [2.45, 2.75) is 56.7 Å². The Labute approximate surface area is 118 Å². The maximum atomic E-state index is 12.7. The van der Waals surface area contributed by atoms with E-state index in [0.717, 1.165) is 32.1 Å². The molecular weight excluding hydrogens is 260 g/mol. The van der Waals surface area contributed by atoms with Crippen LogP contribution in [0.3, 0.4) is 0 Å². The maximum absolute atomic E-state index is 12.7. The largest absolute Gasteiger partial charge is 0.480 e. The number of likely N-dealkylation sites (tertiary alicyclic amines) is 1. The van der Waals surface area contributed by atoms with Crippen LogP contribution in [0, 0.1) is 0 Å². The first kappa shape index (κ1) is 13.7. The molecule has 1 N–H and O–H groups in total. The summed E-state index contributed by atoms with van der Waals surface area (Å²) < 4.78 is 5.77. The lowest BCUT2D eigenvalue weighted by Gasteiger charge is -2.45. The Kier molecular flexibility index (Phi) is 3.83. The number of amides is 2. The molecule has 2 heterocycles. The normalized spacial score (nSPS) is 33.9. The van der Waals surface area contributed by atoms with E-state index in [1.807, 2.05) is 4.90 Å². The average Bonchev–Trinajstić information content (AvgIpc) is 2.95. The topological polar surface area (TPSA) is 70.1 Å². The molecule has 0 aromatic carbocycles. The summed E-state index contributed by atoms with van der Waals surface area (Å²) in [6.07, 6.45) is 5.76. The number of fused-ring (bicyclic) bond motifs is 1. The van der Waals surface area contributed by atoms with Crippen LogP contribution < -0.4 is 0 Å². The molecule has 0 bridgehead atoms. The van der Waals surface area contributed by atoms with Crippen LogP contribution in [0.2, 0.25) is 0 Å². The predicted molar refractivity (Wildman–Crippen MR) is 71.5 cm³/mol. The summed E-state index contributed by atoms with van der Waals surface area (Å²) in [7, 11) is 0. The van der Waals surface area contributed by atoms with Crippen LogP contribution in [-0.4, -0.2) is 64.8 Å². The Morgan fingerprint density at radius 3 is 2.60 bits per heavy atom. The van der Waals surface area contributed by atoms with E-state index in [0.29, 0.717) is 26.1 Å². The zero-order valence-electron chi connectivity index (χ0n) is 11.7. The molecule has 1 saturated carbocycles. The lowest BCUT2D eigenvalue weighted by molar-refractivity contribution is -0.141. The first-order valence-corrected chi connectivity index (χ1v) is 7.60. The summed E-state index contributed by atoms with van der Waals surface area (Å²) in [6, 6.07) is -0.609. The molecule has 2 saturated heterocycles. The Bertz CT molecular complexity index is 399. The fourth-order valence-corrected chi connectivity index (χ4v) is 3.75. The Morgan fingerprint density at radius 2 is 1.80 bits per heavy atom. The highest BCUT2D eigenvalue weighted by Crippen LogP contribution is 2.30. The Morgan fingerprint density at radius 1 is 1.00 bits per heavy atom. The molecule has 0 aromatic heterocycles. The van der Waals surface area contributed by atoms with E-state index in [2.05, 4.69) is 0 Å². The van der Waals surface area contributed by atoms with Crippen LogP contribution in [0.5, 0.6) is 0 Å². The average molecular weight is 282 g/mol. The zero-order valence-corrected chi connectivity index (χ0v) is 11.7. The monoisotopic (exact) mass is 282 g/mol. The van der Waals surface area contributed by atoms with Gasteiger partial charge in [-0.05, 0) is 25.7 Å². The molecule has 2 aliphatic heterocycles. The number of carboxylic acids is 1. The molecule has 3 fully saturated rings. The fourth-order valence-electron chi connectivity index (χ4n) is 3.75. The van der Waals surface area contributed by atoms with E-state index >= 15 is 0 Å². The summed E-state index contributed by atoms with van der Waals surface area (Å²) in [5.41, 5.74) is 0. The number of morpholine rings is 1. The molecule has 0 aromatic rings. The quantitative estimate of drug-likeness (QED) is 0.787. The highest BCUT2D eigenvalue weighted by molar-refractivity contribution is 5.83. The number of carboxylic acid groups (broad SMARTS) is 1. The van der Waals surface area contributed by atoms with Gasteiger partial charge in [0.2, 0.25) is 0 Å². The minimum atomic E-state index is -0.885. The molecule has 0 spiro atoms. The highest BCUT2D eigenvalue weighted by Gasteiger charge is 2.42. The number of carbonyl (C=O) groups excluding carboxylic acids is 1. The van der Waals surface area contributed by atoms with Gasteiger partial charge in [0.15, 0.2) is 0 Å². The number of hydrogen-bond donors (Lipinski definition) is 1. The molecular formula is C14H22N2O4. The smallest absolute Gasteiger partial charge is 0.326 e. The van der Waals surface area contributed by atoms with Crippen LogP contribution in [0.25, 0.3) is 0 Å². The van der Waals surface area contributed by atoms with Gasteiger partial charge in [0.25, 0.3) is 0 Å². The van der Waals surface area contributed by atoms with Gasteiger partial charge in [-0.25, -0.2) is 9.59 Å². The molecule has 3 aliphatic rings. The summed E-state index contributed by atoms with van der Waals surface area (Å²) in [6.45, 7) is 1.71. The number of hydrogen-bond acceptors (Lipinski definition) is 3. The minimum absolute atomic E-state index is 0.102. The lowest BCUT2D eigenvalue weighted by Crippen LogP contribution is -2.59. The van der Waals surface area contributed by atoms with Crippen molar-refractivity contribution in [2.24, 2.45) is 0 Å². The van der Waals surface area contributed by atoms with Gasteiger partial charge in [-0.3, -0.25) is 0 Å². The second kappa shape index (κ2) is 5.60. The van der Waals surface area contributed by atoms with E-state index in [1.165, 1.54) is 0 Å². The van der Waals surface area contributed by atoms with Gasteiger partial charge in [0, 0.05) is 13.1 Å². The van der Waals surface area contributed by atoms with Crippen molar-refractivity contribution >= 4 is 12.0 Å². The van der Waals surface area contributed by atoms with Crippen molar-refractivity contribution in [1.29, 1.82) is 0 Å². The second-order valence-corrected chi connectivity index (χ2v) is 5.93. The number of nitrogens with zero attached hydrogens (tertiary/aromatic N) is 2. The van der Waals surface area contributed by atoms with Gasteiger partial charge >= 0.3 is 12.0 Å². The van der Waals surface area contributed by atoms with Gasteiger partial charge in [0.05, 0.1) is 18.8 Å². The van der Waals surface area contributed by atoms with Gasteiger partial charge in [-0.1, -0.05) is 12.8 Å². The van der Waals surface area contributed by atoms with Gasteiger partial charge < -0.3 is 19.6 Å². The molecule has 1 aliphatic carbocycles. The lowest BCUT2D eigenvalue weighted by atomic mass is 9.90. The van der Waals surface area contributed by atoms with E-state index < -0.39 is 12.0 Å². The third-order valence-electron chi connectivity index (χ3n) is 4.76. The Hall–Kier alpha value is -1.30. The molecule has 2 amide bonds. The first-order valence-electron chi connectivity index (χ1n) is 7.60. The molecule has 112 valence electrons. The van der Waals surface area contributed by atoms with E-state index in [4.69, 9.17) is 4.74 Å². The highest BCUT2D eigenvalue weighted by atomic mass is 16.5. The van der Waals surface area contributed by atoms with Crippen molar-refractivity contribution in [3.8, 4) is 0 Å². The second-order valence-electron chi connectivity index (χ2n) is 5.93. The molecule has 2 unspecified atom stereocenters. The summed E-state index contributed by atoms with van der Waals surface area (Å²) in [5.74, 6) is -0.885. The number of urea groups is 1. The third-order valence-corrected chi connectivity index (χ3v) is 4.76. The molecule has 6 heteroatoms. The van der Waals surface area contributed by atoms with E-state index in [9.17, 15) is 14.7 Å². The van der Waals surface area contributed by atoms with E-state index in [1.54, 1.807) is 4.90 Å². The standard InChI is InChI=1S/C14H22N2O4/c17-13(18)11-5-3-7-15(11)14(19)16-8-9-20-12-6-2-1-4-10(12)16/h10-12H,1-9H2,(H,17,18)/t10?,11-,12?/m0/s1. The van der Waals surface area contributed by atoms with Crippen molar-refractivity contribution in [1.82, 2.24) is 9.80 Å².